The number of aliphatic hydroxyl groups is 1. The molecule has 1 aromatic rings. The Hall–Kier alpha value is -0.860. The van der Waals surface area contributed by atoms with Crippen molar-refractivity contribution in [3.8, 4) is 0 Å². The molecule has 19 heavy (non-hydrogen) atoms. The lowest BCUT2D eigenvalue weighted by atomic mass is 9.77. The number of hydrogen-bond donors (Lipinski definition) is 2. The first-order chi connectivity index (χ1) is 9.06. The quantitative estimate of drug-likeness (QED) is 0.871. The van der Waals surface area contributed by atoms with Crippen LogP contribution < -0.4 is 5.32 Å². The first-order valence-corrected chi connectivity index (χ1v) is 7.47. The van der Waals surface area contributed by atoms with Gasteiger partial charge in [-0.2, -0.15) is 0 Å². The number of aliphatic hydroxyl groups excluding tert-OH is 1. The Morgan fingerprint density at radius 3 is 2.58 bits per heavy atom. The molecule has 2 heteroatoms. The number of aryl methyl sites for hydroxylation is 1. The normalized spacial score (nSPS) is 27.5. The van der Waals surface area contributed by atoms with Gasteiger partial charge in [0.15, 0.2) is 0 Å². The molecule has 0 atom stereocenters. The summed E-state index contributed by atoms with van der Waals surface area (Å²) in [6, 6.07) is 6.46. The highest BCUT2D eigenvalue weighted by atomic mass is 16.3. The lowest BCUT2D eigenvalue weighted by Gasteiger charge is -2.39. The predicted molar refractivity (Wildman–Crippen MR) is 80.2 cm³/mol. The molecule has 0 heterocycles. The Kier molecular flexibility index (Phi) is 4.64. The van der Waals surface area contributed by atoms with E-state index in [0.29, 0.717) is 0 Å². The molecule has 0 amide bonds. The summed E-state index contributed by atoms with van der Waals surface area (Å²) in [5.74, 6) is 0.808. The van der Waals surface area contributed by atoms with Crippen LogP contribution in [0.25, 0.3) is 0 Å². The van der Waals surface area contributed by atoms with Gasteiger partial charge in [0.05, 0.1) is 6.61 Å². The molecule has 0 aromatic heterocycles. The van der Waals surface area contributed by atoms with E-state index in [2.05, 4.69) is 44.3 Å². The van der Waals surface area contributed by atoms with Crippen LogP contribution in [0.1, 0.15) is 49.3 Å². The zero-order valence-corrected chi connectivity index (χ0v) is 12.5. The average molecular weight is 261 g/mol. The van der Waals surface area contributed by atoms with Crippen molar-refractivity contribution in [2.24, 2.45) is 5.92 Å². The number of hydrogen-bond acceptors (Lipinski definition) is 2. The summed E-state index contributed by atoms with van der Waals surface area (Å²) in [6.07, 6.45) is 4.63. The molecule has 0 saturated heterocycles. The van der Waals surface area contributed by atoms with Crippen LogP contribution in [-0.2, 0) is 6.54 Å². The third-order valence-electron chi connectivity index (χ3n) is 4.90. The second kappa shape index (κ2) is 6.06. The Morgan fingerprint density at radius 2 is 1.95 bits per heavy atom. The molecule has 2 nitrogen and oxygen atoms in total. The zero-order chi connectivity index (χ0) is 13.9. The molecule has 0 bridgehead atoms. The summed E-state index contributed by atoms with van der Waals surface area (Å²) in [5, 5.41) is 13.4. The Labute approximate surface area is 117 Å². The number of rotatable bonds is 4. The first-order valence-electron chi connectivity index (χ1n) is 7.47. The van der Waals surface area contributed by atoms with Gasteiger partial charge in [0.25, 0.3) is 0 Å². The van der Waals surface area contributed by atoms with Gasteiger partial charge in [-0.25, -0.2) is 0 Å². The van der Waals surface area contributed by atoms with Crippen LogP contribution in [0.2, 0.25) is 0 Å². The van der Waals surface area contributed by atoms with Gasteiger partial charge in [0, 0.05) is 12.1 Å². The monoisotopic (exact) mass is 261 g/mol. The topological polar surface area (TPSA) is 32.3 Å². The fraction of sp³-hybridized carbons (Fsp3) is 0.647. The van der Waals surface area contributed by atoms with Crippen molar-refractivity contribution < 1.29 is 5.11 Å². The SMILES string of the molecule is Cc1cccc(CNC2(CO)CCC(C)CC2)c1C. The fourth-order valence-electron chi connectivity index (χ4n) is 2.99. The maximum atomic E-state index is 9.77. The summed E-state index contributed by atoms with van der Waals surface area (Å²) in [5.41, 5.74) is 4.01. The van der Waals surface area contributed by atoms with E-state index < -0.39 is 0 Å². The van der Waals surface area contributed by atoms with E-state index in [1.165, 1.54) is 29.5 Å². The van der Waals surface area contributed by atoms with E-state index in [4.69, 9.17) is 0 Å². The second-order valence-electron chi connectivity index (χ2n) is 6.33. The fourth-order valence-corrected chi connectivity index (χ4v) is 2.99. The van der Waals surface area contributed by atoms with Crippen LogP contribution in [0.15, 0.2) is 18.2 Å². The molecule has 1 fully saturated rings. The van der Waals surface area contributed by atoms with Crippen molar-refractivity contribution in [1.29, 1.82) is 0 Å². The lowest BCUT2D eigenvalue weighted by molar-refractivity contribution is 0.104. The Balaban J connectivity index is 2.02. The molecule has 2 N–H and O–H groups in total. The predicted octanol–water partition coefficient (Wildman–Crippen LogP) is 3.33. The average Bonchev–Trinajstić information content (AvgIpc) is 2.43. The highest BCUT2D eigenvalue weighted by Gasteiger charge is 2.32. The minimum Gasteiger partial charge on any atom is -0.394 e. The van der Waals surface area contributed by atoms with Crippen molar-refractivity contribution in [2.45, 2.75) is 58.5 Å². The molecular weight excluding hydrogens is 234 g/mol. The van der Waals surface area contributed by atoms with Crippen molar-refractivity contribution in [3.05, 3.63) is 34.9 Å². The maximum Gasteiger partial charge on any atom is 0.0613 e. The van der Waals surface area contributed by atoms with Gasteiger partial charge in [-0.05, 0) is 62.1 Å². The molecule has 0 unspecified atom stereocenters. The van der Waals surface area contributed by atoms with Crippen LogP contribution in [0.5, 0.6) is 0 Å². The summed E-state index contributed by atoms with van der Waals surface area (Å²) in [7, 11) is 0. The van der Waals surface area contributed by atoms with Crippen molar-refractivity contribution in [1.82, 2.24) is 5.32 Å². The van der Waals surface area contributed by atoms with Gasteiger partial charge in [0.1, 0.15) is 0 Å². The van der Waals surface area contributed by atoms with Gasteiger partial charge >= 0.3 is 0 Å². The van der Waals surface area contributed by atoms with E-state index in [-0.39, 0.29) is 12.1 Å². The lowest BCUT2D eigenvalue weighted by Crippen LogP contribution is -2.50. The number of benzene rings is 1. The second-order valence-corrected chi connectivity index (χ2v) is 6.33. The van der Waals surface area contributed by atoms with Crippen molar-refractivity contribution in [3.63, 3.8) is 0 Å². The third kappa shape index (κ3) is 3.37. The first kappa shape index (κ1) is 14.5. The summed E-state index contributed by atoms with van der Waals surface area (Å²) in [6.45, 7) is 7.77. The highest BCUT2D eigenvalue weighted by Crippen LogP contribution is 2.32. The highest BCUT2D eigenvalue weighted by molar-refractivity contribution is 5.33. The summed E-state index contributed by atoms with van der Waals surface area (Å²) >= 11 is 0. The largest absolute Gasteiger partial charge is 0.394 e. The molecule has 0 aliphatic heterocycles. The summed E-state index contributed by atoms with van der Waals surface area (Å²) in [4.78, 5) is 0. The van der Waals surface area contributed by atoms with Crippen LogP contribution in [0.4, 0.5) is 0 Å². The molecule has 1 aliphatic carbocycles. The van der Waals surface area contributed by atoms with E-state index in [1.807, 2.05) is 0 Å². The minimum atomic E-state index is -0.0529. The van der Waals surface area contributed by atoms with Crippen LogP contribution in [0, 0.1) is 19.8 Å². The summed E-state index contributed by atoms with van der Waals surface area (Å²) < 4.78 is 0. The van der Waals surface area contributed by atoms with Crippen molar-refractivity contribution in [2.75, 3.05) is 6.61 Å². The minimum absolute atomic E-state index is 0.0529. The van der Waals surface area contributed by atoms with Crippen LogP contribution in [0.3, 0.4) is 0 Å². The standard InChI is InChI=1S/C17H27NO/c1-13-7-9-17(12-19,10-8-13)18-11-16-6-4-5-14(2)15(16)3/h4-6,13,18-19H,7-12H2,1-3H3. The van der Waals surface area contributed by atoms with E-state index in [9.17, 15) is 5.11 Å². The smallest absolute Gasteiger partial charge is 0.0613 e. The molecule has 1 aromatic carbocycles. The van der Waals surface area contributed by atoms with E-state index >= 15 is 0 Å². The Morgan fingerprint density at radius 1 is 1.26 bits per heavy atom. The molecule has 2 rings (SSSR count). The van der Waals surface area contributed by atoms with Gasteiger partial charge in [0.2, 0.25) is 0 Å². The van der Waals surface area contributed by atoms with Crippen LogP contribution >= 0.6 is 0 Å². The zero-order valence-electron chi connectivity index (χ0n) is 12.5. The molecular formula is C17H27NO. The third-order valence-corrected chi connectivity index (χ3v) is 4.90. The molecule has 1 saturated carbocycles. The Bertz CT molecular complexity index is 419. The van der Waals surface area contributed by atoms with Crippen molar-refractivity contribution >= 4 is 0 Å². The molecule has 1 aliphatic rings. The van der Waals surface area contributed by atoms with Crippen LogP contribution in [-0.4, -0.2) is 17.3 Å². The van der Waals surface area contributed by atoms with E-state index in [1.54, 1.807) is 0 Å². The maximum absolute atomic E-state index is 9.77. The van der Waals surface area contributed by atoms with Gasteiger partial charge in [-0.3, -0.25) is 0 Å². The molecule has 0 spiro atoms. The van der Waals surface area contributed by atoms with Gasteiger partial charge in [-0.15, -0.1) is 0 Å². The number of nitrogens with one attached hydrogen (secondary N) is 1. The van der Waals surface area contributed by atoms with Gasteiger partial charge in [-0.1, -0.05) is 25.1 Å². The van der Waals surface area contributed by atoms with E-state index in [0.717, 1.165) is 25.3 Å². The van der Waals surface area contributed by atoms with Gasteiger partial charge < -0.3 is 10.4 Å². The molecule has 106 valence electrons. The molecule has 0 radical (unpaired) electrons.